The van der Waals surface area contributed by atoms with Crippen LogP contribution in [-0.4, -0.2) is 113 Å². The van der Waals surface area contributed by atoms with Crippen LogP contribution in [0.25, 0.3) is 59.8 Å². The number of nitrogens with zero attached hydrogens (tertiary/aromatic N) is 11. The van der Waals surface area contributed by atoms with Crippen molar-refractivity contribution < 1.29 is 19.1 Å². The number of aromatic nitrogens is 8. The molecule has 100 heavy (non-hydrogen) atoms. The second-order valence-corrected chi connectivity index (χ2v) is 27.6. The van der Waals surface area contributed by atoms with E-state index in [1.165, 1.54) is 71.5 Å². The third kappa shape index (κ3) is 16.5. The van der Waals surface area contributed by atoms with E-state index >= 15 is 0 Å². The minimum absolute atomic E-state index is 0.218. The first-order chi connectivity index (χ1) is 49.1. The molecule has 10 aromatic rings. The van der Waals surface area contributed by atoms with E-state index in [-0.39, 0.29) is 12.2 Å². The fourth-order valence-corrected chi connectivity index (χ4v) is 15.7. The van der Waals surface area contributed by atoms with Crippen molar-refractivity contribution in [2.24, 2.45) is 5.92 Å². The quantitative estimate of drug-likeness (QED) is 0.0868. The molecule has 3 saturated heterocycles. The number of aryl methyl sites for hydroxylation is 5. The molecule has 2 amide bonds. The van der Waals surface area contributed by atoms with Crippen molar-refractivity contribution in [3.63, 3.8) is 0 Å². The van der Waals surface area contributed by atoms with Gasteiger partial charge in [-0.1, -0.05) is 53.1 Å². The van der Waals surface area contributed by atoms with E-state index in [0.717, 1.165) is 153 Å². The van der Waals surface area contributed by atoms with Crippen LogP contribution in [0.1, 0.15) is 123 Å². The van der Waals surface area contributed by atoms with Gasteiger partial charge in [0.25, 0.3) is 0 Å². The number of fused-ring (bicyclic) bond motifs is 6. The summed E-state index contributed by atoms with van der Waals surface area (Å²) in [5.41, 5.74) is 14.5. The molecule has 3 fully saturated rings. The van der Waals surface area contributed by atoms with Gasteiger partial charge in [0, 0.05) is 177 Å². The zero-order chi connectivity index (χ0) is 68.7. The molecule has 0 unspecified atom stereocenters. The number of amides is 2. The van der Waals surface area contributed by atoms with Crippen molar-refractivity contribution in [2.45, 2.75) is 122 Å². The van der Waals surface area contributed by atoms with Crippen LogP contribution in [-0.2, 0) is 41.9 Å². The number of ether oxygens (including phenoxy) is 2. The summed E-state index contributed by atoms with van der Waals surface area (Å²) in [6.07, 6.45) is 40.4. The fraction of sp³-hybridized carbons (Fsp3) is 0.346. The van der Waals surface area contributed by atoms with Crippen LogP contribution in [0.4, 0.5) is 9.59 Å². The maximum absolute atomic E-state index is 12.3. The van der Waals surface area contributed by atoms with Gasteiger partial charge in [-0.25, -0.2) is 34.5 Å². The second kappa shape index (κ2) is 33.4. The van der Waals surface area contributed by atoms with Crippen LogP contribution in [0.15, 0.2) is 195 Å². The maximum atomic E-state index is 12.3. The maximum Gasteiger partial charge on any atom is 0.409 e. The summed E-state index contributed by atoms with van der Waals surface area (Å²) in [4.78, 5) is 50.3. The number of rotatable bonds is 17. The first-order valence-electron chi connectivity index (χ1n) is 35.5. The van der Waals surface area contributed by atoms with E-state index in [9.17, 15) is 9.59 Å². The standard InChI is InChI=1S/2C28H30ClN4O2.C25H26ClN4/c2*1-2-35-28(34)33-14-9-20(10-15-33)26-24-8-7-23(29)18-25(24)21(6-4-13-32-16-12-30-19-32)17-22-5-3-11-31-27(22)26;26-21-5-6-22-23(16-21)19(4-2-13-30-14-12-28-17-30)15-20-3-1-9-29-25(20)24(22)18-7-10-27-11-8-18/h2*3,5,7-8,11-12,16-20H,2,4,6,9-10,13-15H2,1H3;1,3,5-6,9,12,14-18,27H,2,4,7-8,10-11,13H2/q-1;2*+1. The highest BCUT2D eigenvalue weighted by molar-refractivity contribution is 6.32. The number of piperidine rings is 3. The average molecular weight is 1400 g/mol. The fourth-order valence-electron chi connectivity index (χ4n) is 15.2. The molecule has 1 N–H and O–H groups in total. The molecule has 0 radical (unpaired) electrons. The number of allylic oxidation sites excluding steroid dienone is 5. The van der Waals surface area contributed by atoms with E-state index < -0.39 is 0 Å². The number of hydrogen-bond acceptors (Lipinski definition) is 10. The van der Waals surface area contributed by atoms with E-state index in [4.69, 9.17) is 59.6 Å². The molecule has 5 aromatic carbocycles. The molecule has 0 saturated carbocycles. The van der Waals surface area contributed by atoms with Crippen molar-refractivity contribution in [1.29, 1.82) is 0 Å². The second-order valence-electron chi connectivity index (χ2n) is 26.3. The average Bonchev–Trinajstić information content (AvgIpc) is 1.58. The molecule has 1 aliphatic carbocycles. The SMILES string of the molecule is CCOC(=O)N1CCC(C2=C3[N-]C=CC=C3C=C(CCCn3ccnc3)c3cc(Cl)ccc32)CC1.CCOC(=O)N1CCC(c2c3ncccc3cc(CCCn3ccnc3)[c+]3cc(Cl)ccc23)CC1.Clc1ccc2c(c1)c(CCCn1ccnc1)cc1cccnc1[c+]2C1CCNCC1. The van der Waals surface area contributed by atoms with Gasteiger partial charge in [0.05, 0.1) is 69.9 Å². The zero-order valence-electron chi connectivity index (χ0n) is 57.0. The summed E-state index contributed by atoms with van der Waals surface area (Å²) in [6.45, 7) is 12.1. The Morgan fingerprint density at radius 3 is 1.88 bits per heavy atom. The predicted octanol–water partition coefficient (Wildman–Crippen LogP) is 18.9. The predicted molar refractivity (Wildman–Crippen MR) is 404 cm³/mol. The molecule has 15 rings (SSSR count). The Balaban J connectivity index is 0.000000135. The first-order valence-corrected chi connectivity index (χ1v) is 36.6. The molecule has 0 bridgehead atoms. The lowest BCUT2D eigenvalue weighted by atomic mass is 9.81. The lowest BCUT2D eigenvalue weighted by molar-refractivity contribution is 0.0955. The number of likely N-dealkylation sites (tertiary alicyclic amines) is 2. The molecule has 514 valence electrons. The molecule has 4 aliphatic heterocycles. The number of hydrogen-bond donors (Lipinski definition) is 1. The Labute approximate surface area is 600 Å². The van der Waals surface area contributed by atoms with Crippen molar-refractivity contribution in [3.05, 3.63) is 249 Å². The molecular formula is C81H86Cl3N12O4+. The summed E-state index contributed by atoms with van der Waals surface area (Å²) >= 11 is 19.5. The largest absolute Gasteiger partial charge is 0.663 e. The van der Waals surface area contributed by atoms with Crippen LogP contribution >= 0.6 is 34.8 Å². The number of pyridine rings is 2. The van der Waals surface area contributed by atoms with Gasteiger partial charge in [-0.3, -0.25) is 0 Å². The molecule has 19 heteroatoms. The third-order valence-corrected chi connectivity index (χ3v) is 20.7. The normalized spacial score (nSPS) is 15.8. The Morgan fingerprint density at radius 2 is 1.22 bits per heavy atom. The molecular weight excluding hydrogens is 1310 g/mol. The van der Waals surface area contributed by atoms with Gasteiger partial charge in [-0.05, 0) is 180 Å². The smallest absolute Gasteiger partial charge is 0.409 e. The molecule has 5 aromatic heterocycles. The lowest BCUT2D eigenvalue weighted by Gasteiger charge is -2.37. The number of imidazole rings is 3. The monoisotopic (exact) mass is 1400 g/mol. The van der Waals surface area contributed by atoms with E-state index in [1.807, 2.05) is 135 Å². The van der Waals surface area contributed by atoms with Gasteiger partial charge < -0.3 is 43.6 Å². The van der Waals surface area contributed by atoms with Crippen molar-refractivity contribution in [3.8, 4) is 0 Å². The number of carbonyl (C=O) groups is 2. The Bertz CT molecular complexity index is 4640. The minimum atomic E-state index is -0.218. The summed E-state index contributed by atoms with van der Waals surface area (Å²) < 4.78 is 16.8. The molecule has 0 spiro atoms. The van der Waals surface area contributed by atoms with E-state index in [0.29, 0.717) is 57.1 Å². The summed E-state index contributed by atoms with van der Waals surface area (Å²) in [5, 5.41) is 17.9. The highest BCUT2D eigenvalue weighted by atomic mass is 35.5. The van der Waals surface area contributed by atoms with Crippen LogP contribution in [0.5, 0.6) is 0 Å². The third-order valence-electron chi connectivity index (χ3n) is 20.0. The molecule has 0 atom stereocenters. The Kier molecular flexibility index (Phi) is 23.2. The minimum Gasteiger partial charge on any atom is -0.663 e. The molecule has 16 nitrogen and oxygen atoms in total. The van der Waals surface area contributed by atoms with Gasteiger partial charge in [-0.2, -0.15) is 6.20 Å². The summed E-state index contributed by atoms with van der Waals surface area (Å²) in [5.74, 6) is 1.11. The first kappa shape index (κ1) is 69.4. The van der Waals surface area contributed by atoms with Gasteiger partial charge in [0.2, 0.25) is 0 Å². The highest BCUT2D eigenvalue weighted by Crippen LogP contribution is 2.47. The van der Waals surface area contributed by atoms with Gasteiger partial charge >= 0.3 is 12.2 Å². The highest BCUT2D eigenvalue weighted by Gasteiger charge is 2.33. The van der Waals surface area contributed by atoms with Gasteiger partial charge in [0.1, 0.15) is 15.9 Å². The zero-order valence-corrected chi connectivity index (χ0v) is 59.3. The van der Waals surface area contributed by atoms with Crippen LogP contribution in [0.3, 0.4) is 0 Å². The topological polar surface area (TPSA) is 164 Å². The number of benzene rings is 3. The van der Waals surface area contributed by atoms with Crippen molar-refractivity contribution >= 4 is 101 Å². The molecule has 5 aliphatic rings. The lowest BCUT2D eigenvalue weighted by Crippen LogP contribution is -2.39. The number of carbonyl (C=O) groups excluding carboxylic acids is 2. The summed E-state index contributed by atoms with van der Waals surface area (Å²) in [6, 6.07) is 31.8. The molecule has 9 heterocycles. The van der Waals surface area contributed by atoms with Crippen LogP contribution in [0.2, 0.25) is 15.1 Å². The number of nitrogens with one attached hydrogen (secondary N) is 1. The Hall–Kier alpha value is -9.06. The van der Waals surface area contributed by atoms with Crippen LogP contribution in [0, 0.1) is 5.92 Å². The van der Waals surface area contributed by atoms with Crippen molar-refractivity contribution in [1.82, 2.24) is 53.7 Å². The van der Waals surface area contributed by atoms with Gasteiger partial charge in [0.15, 0.2) is 5.52 Å². The Morgan fingerprint density at radius 1 is 0.620 bits per heavy atom. The van der Waals surface area contributed by atoms with Gasteiger partial charge in [-0.15, -0.1) is 5.70 Å². The summed E-state index contributed by atoms with van der Waals surface area (Å²) in [7, 11) is 0. The van der Waals surface area contributed by atoms with E-state index in [1.54, 1.807) is 0 Å². The number of halogens is 3. The van der Waals surface area contributed by atoms with Crippen molar-refractivity contribution in [2.75, 3.05) is 52.5 Å². The van der Waals surface area contributed by atoms with Crippen LogP contribution < -0.4 is 5.32 Å². The van der Waals surface area contributed by atoms with E-state index in [2.05, 4.69) is 107 Å².